The van der Waals surface area contributed by atoms with E-state index in [1.54, 1.807) is 0 Å². The maximum Gasteiger partial charge on any atom is 0.0577 e. The Morgan fingerprint density at radius 2 is 2.12 bits per heavy atom. The van der Waals surface area contributed by atoms with Gasteiger partial charge in [0.05, 0.1) is 16.0 Å². The fourth-order valence-corrected chi connectivity index (χ4v) is 4.46. The summed E-state index contributed by atoms with van der Waals surface area (Å²) in [5, 5.41) is 4.17. The molecule has 2 nitrogen and oxygen atoms in total. The van der Waals surface area contributed by atoms with Crippen LogP contribution < -0.4 is 5.32 Å². The molecule has 1 aromatic rings. The summed E-state index contributed by atoms with van der Waals surface area (Å²) in [6, 6.07) is 7.77. The predicted octanol–water partition coefficient (Wildman–Crippen LogP) is 2.98. The molecule has 1 aromatic carbocycles. The first-order valence-corrected chi connectivity index (χ1v) is 7.65. The van der Waals surface area contributed by atoms with E-state index in [2.05, 4.69) is 5.32 Å². The monoisotopic (exact) mass is 271 g/mol. The molecule has 17 heavy (non-hydrogen) atoms. The van der Waals surface area contributed by atoms with Crippen molar-refractivity contribution >= 4 is 22.4 Å². The van der Waals surface area contributed by atoms with Crippen LogP contribution in [0.25, 0.3) is 0 Å². The van der Waals surface area contributed by atoms with Crippen molar-refractivity contribution in [3.05, 3.63) is 29.3 Å². The largest absolute Gasteiger partial charge is 0.316 e. The van der Waals surface area contributed by atoms with Crippen molar-refractivity contribution in [2.24, 2.45) is 0 Å². The van der Waals surface area contributed by atoms with Gasteiger partial charge >= 0.3 is 0 Å². The van der Waals surface area contributed by atoms with Crippen LogP contribution in [0.5, 0.6) is 0 Å². The van der Waals surface area contributed by atoms with E-state index in [0.717, 1.165) is 17.7 Å². The van der Waals surface area contributed by atoms with Crippen molar-refractivity contribution in [2.45, 2.75) is 41.9 Å². The Bertz CT molecular complexity index is 410. The van der Waals surface area contributed by atoms with Crippen LogP contribution in [0.1, 0.15) is 25.7 Å². The molecule has 0 amide bonds. The molecule has 1 saturated carbocycles. The van der Waals surface area contributed by atoms with Crippen molar-refractivity contribution < 1.29 is 4.21 Å². The fraction of sp³-hybridized carbons (Fsp3) is 0.538. The number of rotatable bonds is 3. The highest BCUT2D eigenvalue weighted by Crippen LogP contribution is 2.27. The third-order valence-corrected chi connectivity index (χ3v) is 5.44. The van der Waals surface area contributed by atoms with Gasteiger partial charge in [0.15, 0.2) is 0 Å². The Kier molecular flexibility index (Phi) is 4.60. The molecule has 0 aliphatic heterocycles. The minimum Gasteiger partial charge on any atom is -0.316 e. The average molecular weight is 272 g/mol. The van der Waals surface area contributed by atoms with Crippen LogP contribution in [0.3, 0.4) is 0 Å². The van der Waals surface area contributed by atoms with Crippen LogP contribution in [0.2, 0.25) is 5.02 Å². The molecule has 1 fully saturated rings. The van der Waals surface area contributed by atoms with E-state index in [1.165, 1.54) is 12.8 Å². The lowest BCUT2D eigenvalue weighted by Gasteiger charge is -2.30. The standard InChI is InChI=1S/C13H18ClNOS/c1-15-12-7-2-3-8-13(12)17(16)11-6-4-5-10(14)9-11/h4-6,9,12-13,15H,2-3,7-8H2,1H3. The van der Waals surface area contributed by atoms with Gasteiger partial charge in [0.2, 0.25) is 0 Å². The molecule has 4 heteroatoms. The van der Waals surface area contributed by atoms with Crippen molar-refractivity contribution in [2.75, 3.05) is 7.05 Å². The minimum absolute atomic E-state index is 0.215. The first-order chi connectivity index (χ1) is 8.22. The fourth-order valence-electron chi connectivity index (χ4n) is 2.45. The zero-order chi connectivity index (χ0) is 12.3. The Morgan fingerprint density at radius 1 is 1.35 bits per heavy atom. The number of halogens is 1. The molecule has 3 unspecified atom stereocenters. The Morgan fingerprint density at radius 3 is 2.82 bits per heavy atom. The third-order valence-electron chi connectivity index (χ3n) is 3.38. The Balaban J connectivity index is 2.18. The van der Waals surface area contributed by atoms with Gasteiger partial charge in [-0.25, -0.2) is 0 Å². The Hall–Kier alpha value is -0.380. The molecule has 0 heterocycles. The molecular formula is C13H18ClNOS. The smallest absolute Gasteiger partial charge is 0.0577 e. The summed E-state index contributed by atoms with van der Waals surface area (Å²) in [4.78, 5) is 0.852. The summed E-state index contributed by atoms with van der Waals surface area (Å²) >= 11 is 5.95. The van der Waals surface area contributed by atoms with Gasteiger partial charge in [-0.2, -0.15) is 0 Å². The predicted molar refractivity (Wildman–Crippen MR) is 73.0 cm³/mol. The van der Waals surface area contributed by atoms with Gasteiger partial charge in [0, 0.05) is 16.0 Å². The molecule has 0 radical (unpaired) electrons. The van der Waals surface area contributed by atoms with E-state index in [4.69, 9.17) is 11.6 Å². The molecule has 1 aliphatic carbocycles. The van der Waals surface area contributed by atoms with Crippen molar-refractivity contribution in [1.29, 1.82) is 0 Å². The zero-order valence-corrected chi connectivity index (χ0v) is 11.6. The maximum absolute atomic E-state index is 12.5. The number of nitrogens with one attached hydrogen (secondary N) is 1. The summed E-state index contributed by atoms with van der Waals surface area (Å²) < 4.78 is 12.5. The van der Waals surface area contributed by atoms with Crippen LogP contribution >= 0.6 is 11.6 Å². The van der Waals surface area contributed by atoms with Crippen molar-refractivity contribution in [3.8, 4) is 0 Å². The highest BCUT2D eigenvalue weighted by molar-refractivity contribution is 7.85. The van der Waals surface area contributed by atoms with Gasteiger partial charge in [0.1, 0.15) is 0 Å². The molecule has 2 rings (SSSR count). The van der Waals surface area contributed by atoms with E-state index >= 15 is 0 Å². The van der Waals surface area contributed by atoms with Crippen LogP contribution in [0.15, 0.2) is 29.2 Å². The molecule has 3 atom stereocenters. The normalized spacial score (nSPS) is 26.7. The lowest BCUT2D eigenvalue weighted by molar-refractivity contribution is 0.399. The first-order valence-electron chi connectivity index (χ1n) is 6.06. The van der Waals surface area contributed by atoms with Crippen LogP contribution in [-0.2, 0) is 10.8 Å². The van der Waals surface area contributed by atoms with Gasteiger partial charge < -0.3 is 5.32 Å². The van der Waals surface area contributed by atoms with Crippen LogP contribution in [0.4, 0.5) is 0 Å². The van der Waals surface area contributed by atoms with Crippen LogP contribution in [-0.4, -0.2) is 22.5 Å². The maximum atomic E-state index is 12.5. The van der Waals surface area contributed by atoms with Gasteiger partial charge in [-0.05, 0) is 38.1 Å². The Labute approximate surface area is 110 Å². The van der Waals surface area contributed by atoms with E-state index < -0.39 is 10.8 Å². The lowest BCUT2D eigenvalue weighted by atomic mass is 9.95. The topological polar surface area (TPSA) is 29.1 Å². The minimum atomic E-state index is -0.957. The van der Waals surface area contributed by atoms with Crippen molar-refractivity contribution in [3.63, 3.8) is 0 Å². The molecule has 1 aliphatic rings. The summed E-state index contributed by atoms with van der Waals surface area (Å²) in [5.74, 6) is 0. The SMILES string of the molecule is CNC1CCCCC1S(=O)c1cccc(Cl)c1. The van der Waals surface area contributed by atoms with Gasteiger partial charge in [-0.1, -0.05) is 30.5 Å². The highest BCUT2D eigenvalue weighted by Gasteiger charge is 2.29. The van der Waals surface area contributed by atoms with E-state index in [-0.39, 0.29) is 5.25 Å². The molecule has 0 saturated heterocycles. The molecule has 94 valence electrons. The second kappa shape index (κ2) is 5.98. The average Bonchev–Trinajstić information content (AvgIpc) is 2.38. The van der Waals surface area contributed by atoms with E-state index in [1.807, 2.05) is 31.3 Å². The number of hydrogen-bond donors (Lipinski definition) is 1. The van der Waals surface area contributed by atoms with E-state index in [9.17, 15) is 4.21 Å². The quantitative estimate of drug-likeness (QED) is 0.916. The van der Waals surface area contributed by atoms with E-state index in [0.29, 0.717) is 11.1 Å². The molecule has 0 aromatic heterocycles. The number of benzene rings is 1. The molecule has 0 spiro atoms. The zero-order valence-electron chi connectivity index (χ0n) is 9.99. The second-order valence-corrected chi connectivity index (χ2v) is 6.58. The second-order valence-electron chi connectivity index (χ2n) is 4.47. The molecule has 0 bridgehead atoms. The van der Waals surface area contributed by atoms with Gasteiger partial charge in [0.25, 0.3) is 0 Å². The highest BCUT2D eigenvalue weighted by atomic mass is 35.5. The number of hydrogen-bond acceptors (Lipinski definition) is 2. The first kappa shape index (κ1) is 13.1. The molecular weight excluding hydrogens is 254 g/mol. The third kappa shape index (κ3) is 3.09. The summed E-state index contributed by atoms with van der Waals surface area (Å²) in [6.07, 6.45) is 4.56. The van der Waals surface area contributed by atoms with Crippen LogP contribution in [0, 0.1) is 0 Å². The van der Waals surface area contributed by atoms with Gasteiger partial charge in [-0.15, -0.1) is 0 Å². The van der Waals surface area contributed by atoms with Gasteiger partial charge in [-0.3, -0.25) is 4.21 Å². The summed E-state index contributed by atoms with van der Waals surface area (Å²) in [6.45, 7) is 0. The van der Waals surface area contributed by atoms with Crippen molar-refractivity contribution in [1.82, 2.24) is 5.32 Å². The summed E-state index contributed by atoms with van der Waals surface area (Å²) in [5.41, 5.74) is 0. The molecule has 1 N–H and O–H groups in total. The lowest BCUT2D eigenvalue weighted by Crippen LogP contribution is -2.42. The summed E-state index contributed by atoms with van der Waals surface area (Å²) in [7, 11) is 0.999.